The molecule has 9 atom stereocenters. The monoisotopic (exact) mass is 424 g/mol. The van der Waals surface area contributed by atoms with Crippen LogP contribution in [0.1, 0.15) is 44.3 Å². The Bertz CT molecular complexity index is 780. The van der Waals surface area contributed by atoms with Gasteiger partial charge in [0.05, 0.1) is 42.9 Å². The van der Waals surface area contributed by atoms with Gasteiger partial charge in [-0.3, -0.25) is 0 Å². The molecule has 0 radical (unpaired) electrons. The van der Waals surface area contributed by atoms with Crippen molar-refractivity contribution in [3.8, 4) is 0 Å². The molecule has 2 aliphatic carbocycles. The highest BCUT2D eigenvalue weighted by Crippen LogP contribution is 2.73. The van der Waals surface area contributed by atoms with Gasteiger partial charge in [0.25, 0.3) is 0 Å². The molecule has 0 aromatic carbocycles. The fraction of sp³-hybridized carbons (Fsp3) is 0.818. The van der Waals surface area contributed by atoms with Crippen molar-refractivity contribution in [3.63, 3.8) is 0 Å². The van der Waals surface area contributed by atoms with Crippen LogP contribution in [0.2, 0.25) is 0 Å². The van der Waals surface area contributed by atoms with E-state index in [4.69, 9.17) is 23.4 Å². The van der Waals surface area contributed by atoms with Crippen LogP contribution in [0.3, 0.4) is 0 Å². The van der Waals surface area contributed by atoms with Crippen LogP contribution in [-0.4, -0.2) is 66.5 Å². The summed E-state index contributed by atoms with van der Waals surface area (Å²) in [5, 5.41) is 34.8. The highest BCUT2D eigenvalue weighted by molar-refractivity contribution is 5.27. The zero-order chi connectivity index (χ0) is 21.4. The first-order chi connectivity index (χ1) is 14.3. The third-order valence-corrected chi connectivity index (χ3v) is 8.85. The molecule has 2 saturated carbocycles. The number of hydrogen-bond acceptors (Lipinski definition) is 8. The van der Waals surface area contributed by atoms with Crippen LogP contribution in [0.25, 0.3) is 0 Å². The van der Waals surface area contributed by atoms with Gasteiger partial charge in [-0.1, -0.05) is 13.3 Å². The Morgan fingerprint density at radius 3 is 2.73 bits per heavy atom. The van der Waals surface area contributed by atoms with Crippen molar-refractivity contribution < 1.29 is 38.7 Å². The summed E-state index contributed by atoms with van der Waals surface area (Å²) in [6.07, 6.45) is 3.73. The molecule has 8 nitrogen and oxygen atoms in total. The molecule has 168 valence electrons. The quantitative estimate of drug-likeness (QED) is 0.668. The van der Waals surface area contributed by atoms with E-state index in [1.807, 2.05) is 13.0 Å². The second-order valence-electron chi connectivity index (χ2n) is 9.68. The second-order valence-corrected chi connectivity index (χ2v) is 9.68. The van der Waals surface area contributed by atoms with Crippen molar-refractivity contribution >= 4 is 0 Å². The van der Waals surface area contributed by atoms with Gasteiger partial charge in [0.2, 0.25) is 0 Å². The molecule has 2 bridgehead atoms. The number of aliphatic hydroxyl groups is 3. The lowest BCUT2D eigenvalue weighted by Gasteiger charge is -2.64. The fourth-order valence-corrected chi connectivity index (χ4v) is 7.46. The molecular weight excluding hydrogens is 392 g/mol. The zero-order valence-electron chi connectivity index (χ0n) is 17.7. The van der Waals surface area contributed by atoms with Crippen molar-refractivity contribution in [2.75, 3.05) is 27.4 Å². The second kappa shape index (κ2) is 6.75. The van der Waals surface area contributed by atoms with Crippen LogP contribution < -0.4 is 0 Å². The Hall–Kier alpha value is -1.00. The van der Waals surface area contributed by atoms with E-state index < -0.39 is 40.5 Å². The van der Waals surface area contributed by atoms with Crippen molar-refractivity contribution in [1.29, 1.82) is 0 Å². The van der Waals surface area contributed by atoms with E-state index in [0.717, 1.165) is 18.4 Å². The summed E-state index contributed by atoms with van der Waals surface area (Å²) in [6, 6.07) is 1.87. The van der Waals surface area contributed by atoms with Crippen LogP contribution in [-0.2, 0) is 18.9 Å². The summed E-state index contributed by atoms with van der Waals surface area (Å²) in [7, 11) is 3.14. The molecule has 3 N–H and O–H groups in total. The Morgan fingerprint density at radius 2 is 2.07 bits per heavy atom. The molecule has 2 aliphatic heterocycles. The molecule has 1 aromatic rings. The summed E-state index contributed by atoms with van der Waals surface area (Å²) in [6.45, 7) is 2.03. The molecule has 8 heteroatoms. The smallest absolute Gasteiger partial charge is 0.196 e. The summed E-state index contributed by atoms with van der Waals surface area (Å²) in [4.78, 5) is 0. The van der Waals surface area contributed by atoms with Crippen LogP contribution in [0.4, 0.5) is 0 Å². The maximum atomic E-state index is 11.8. The zero-order valence-corrected chi connectivity index (χ0v) is 17.7. The summed E-state index contributed by atoms with van der Waals surface area (Å²) in [5.41, 5.74) is -2.16. The lowest BCUT2D eigenvalue weighted by Crippen LogP contribution is -2.75. The molecule has 1 aromatic heterocycles. The average molecular weight is 424 g/mol. The van der Waals surface area contributed by atoms with Gasteiger partial charge in [-0.15, -0.1) is 0 Å². The number of ether oxygens (including phenoxy) is 4. The molecule has 2 saturated heterocycles. The third-order valence-electron chi connectivity index (χ3n) is 8.85. The van der Waals surface area contributed by atoms with Crippen molar-refractivity contribution in [2.24, 2.45) is 22.7 Å². The molecule has 0 amide bonds. The van der Waals surface area contributed by atoms with E-state index in [9.17, 15) is 15.3 Å². The van der Waals surface area contributed by atoms with E-state index in [1.54, 1.807) is 26.7 Å². The molecule has 0 unspecified atom stereocenters. The van der Waals surface area contributed by atoms with Crippen molar-refractivity contribution in [3.05, 3.63) is 24.2 Å². The highest BCUT2D eigenvalue weighted by Gasteiger charge is 2.82. The van der Waals surface area contributed by atoms with E-state index in [-0.39, 0.29) is 25.2 Å². The normalized spacial score (nSPS) is 52.7. The van der Waals surface area contributed by atoms with Crippen LogP contribution in [0.5, 0.6) is 0 Å². The van der Waals surface area contributed by atoms with Gasteiger partial charge < -0.3 is 38.7 Å². The SMILES string of the molecule is COC[C@@]1(O)CCC[C@@H]2[C@@]3(C[C@@H](c4ccoc4)O[C@H]3OC)[C@@H](C)[C@]3(O)OC[C@@]21[C@H]3O. The summed E-state index contributed by atoms with van der Waals surface area (Å²) < 4.78 is 28.8. The average Bonchev–Trinajstić information content (AvgIpc) is 3.43. The van der Waals surface area contributed by atoms with Gasteiger partial charge >= 0.3 is 0 Å². The molecule has 30 heavy (non-hydrogen) atoms. The van der Waals surface area contributed by atoms with E-state index >= 15 is 0 Å². The number of furan rings is 1. The minimum atomic E-state index is -1.80. The van der Waals surface area contributed by atoms with Gasteiger partial charge in [-0.2, -0.15) is 0 Å². The lowest BCUT2D eigenvalue weighted by atomic mass is 9.41. The van der Waals surface area contributed by atoms with Crippen LogP contribution in [0, 0.1) is 22.7 Å². The first-order valence-electron chi connectivity index (χ1n) is 10.8. The lowest BCUT2D eigenvalue weighted by molar-refractivity contribution is -0.343. The number of aliphatic hydroxyl groups excluding tert-OH is 1. The summed E-state index contributed by atoms with van der Waals surface area (Å²) >= 11 is 0. The van der Waals surface area contributed by atoms with Crippen molar-refractivity contribution in [1.82, 2.24) is 0 Å². The maximum absolute atomic E-state index is 11.8. The fourth-order valence-electron chi connectivity index (χ4n) is 7.46. The first-order valence-corrected chi connectivity index (χ1v) is 10.8. The molecule has 5 rings (SSSR count). The number of methoxy groups -OCH3 is 2. The molecule has 4 aliphatic rings. The largest absolute Gasteiger partial charge is 0.472 e. The first kappa shape index (κ1) is 20.9. The third kappa shape index (κ3) is 2.25. The van der Waals surface area contributed by atoms with Gasteiger partial charge in [-0.05, 0) is 31.2 Å². The van der Waals surface area contributed by atoms with E-state index in [1.165, 1.54) is 0 Å². The minimum Gasteiger partial charge on any atom is -0.472 e. The van der Waals surface area contributed by atoms with Gasteiger partial charge in [0, 0.05) is 31.1 Å². The Labute approximate surface area is 176 Å². The summed E-state index contributed by atoms with van der Waals surface area (Å²) in [5.74, 6) is -2.47. The molecule has 2 spiro atoms. The Kier molecular flexibility index (Phi) is 4.70. The minimum absolute atomic E-state index is 0.0636. The topological polar surface area (TPSA) is 111 Å². The number of hydrogen-bond donors (Lipinski definition) is 3. The molecule has 3 heterocycles. The number of rotatable bonds is 4. The van der Waals surface area contributed by atoms with Crippen LogP contribution >= 0.6 is 0 Å². The predicted molar refractivity (Wildman–Crippen MR) is 103 cm³/mol. The predicted octanol–water partition coefficient (Wildman–Crippen LogP) is 1.59. The standard InChI is InChI=1S/C22H32O8/c1-13-20(9-15(30-18(20)27-3)14-6-8-28-10-14)16-5-4-7-19(24,11-26-2)21(16)12-29-22(13,25)17(21)23/h6,8,10,13,15-18,23-25H,4-5,7,9,11-12H2,1-3H3/t13-,15+,16-,17-,18-,19+,20-,21+,22+/m1/s1. The number of fused-ring (bicyclic) bond motifs is 2. The van der Waals surface area contributed by atoms with Crippen LogP contribution in [0.15, 0.2) is 23.0 Å². The van der Waals surface area contributed by atoms with Gasteiger partial charge in [0.15, 0.2) is 12.1 Å². The molecular formula is C22H32O8. The van der Waals surface area contributed by atoms with Gasteiger partial charge in [0.1, 0.15) is 6.10 Å². The van der Waals surface area contributed by atoms with E-state index in [0.29, 0.717) is 12.8 Å². The highest BCUT2D eigenvalue weighted by atomic mass is 16.7. The molecule has 4 fully saturated rings. The van der Waals surface area contributed by atoms with E-state index in [2.05, 4.69) is 0 Å². The maximum Gasteiger partial charge on any atom is 0.196 e. The Balaban J connectivity index is 1.67. The Morgan fingerprint density at radius 1 is 1.27 bits per heavy atom. The van der Waals surface area contributed by atoms with Crippen molar-refractivity contribution in [2.45, 2.75) is 62.5 Å². The van der Waals surface area contributed by atoms with Gasteiger partial charge in [-0.25, -0.2) is 0 Å².